The molecule has 0 aromatic heterocycles. The van der Waals surface area contributed by atoms with E-state index in [2.05, 4.69) is 17.2 Å². The van der Waals surface area contributed by atoms with Crippen LogP contribution < -0.4 is 5.32 Å². The minimum Gasteiger partial charge on any atom is -0.386 e. The van der Waals surface area contributed by atoms with Crippen molar-refractivity contribution in [3.8, 4) is 0 Å². The van der Waals surface area contributed by atoms with E-state index in [1.54, 1.807) is 52.6 Å². The largest absolute Gasteiger partial charge is 0.386 e. The van der Waals surface area contributed by atoms with Crippen LogP contribution in [0.1, 0.15) is 6.92 Å². The molecule has 0 radical (unpaired) electrons. The van der Waals surface area contributed by atoms with E-state index in [0.29, 0.717) is 23.3 Å². The van der Waals surface area contributed by atoms with Crippen LogP contribution in [0.3, 0.4) is 0 Å². The summed E-state index contributed by atoms with van der Waals surface area (Å²) in [5.74, 6) is 2.93. The highest BCUT2D eigenvalue weighted by atomic mass is 32.2. The lowest BCUT2D eigenvalue weighted by Gasteiger charge is -2.04. The second kappa shape index (κ2) is 21.6. The van der Waals surface area contributed by atoms with E-state index in [9.17, 15) is 9.00 Å². The van der Waals surface area contributed by atoms with Crippen molar-refractivity contribution in [3.05, 3.63) is 0 Å². The number of carbonyl (C=O) groups excluding carboxylic acids is 1. The van der Waals surface area contributed by atoms with Crippen LogP contribution in [-0.2, 0) is 10.8 Å². The second-order valence-corrected chi connectivity index (χ2v) is 13.2. The number of hydrogen-bond donors (Lipinski definition) is 2. The standard InChI is InChI=1S/C13H26N2O3S7/c1-2-19-12-25(18)7-14-3-5-20-9-21-6-4-15-13(17)24-11-23-10-22-8-16/h7,16H,2-6,8-12H2,1H3,(H,15,17). The van der Waals surface area contributed by atoms with Gasteiger partial charge in [0.25, 0.3) is 5.24 Å². The van der Waals surface area contributed by atoms with Crippen molar-refractivity contribution in [1.82, 2.24) is 5.32 Å². The summed E-state index contributed by atoms with van der Waals surface area (Å²) in [5, 5.41) is 14.6. The summed E-state index contributed by atoms with van der Waals surface area (Å²) in [7, 11) is -0.940. The first-order valence-corrected chi connectivity index (χ1v) is 15.6. The monoisotopic (exact) mass is 482 g/mol. The average Bonchev–Trinajstić information content (AvgIpc) is 2.61. The van der Waals surface area contributed by atoms with Crippen LogP contribution in [0.2, 0.25) is 0 Å². The van der Waals surface area contributed by atoms with Gasteiger partial charge in [-0.05, 0) is 5.75 Å². The van der Waals surface area contributed by atoms with Gasteiger partial charge in [0.2, 0.25) is 0 Å². The SMILES string of the molecule is CCSCS(=O)C=NCCSCSCCNC(=O)SCSCSCO. The van der Waals surface area contributed by atoms with Gasteiger partial charge in [-0.1, -0.05) is 18.7 Å². The van der Waals surface area contributed by atoms with Crippen molar-refractivity contribution in [2.45, 2.75) is 6.92 Å². The van der Waals surface area contributed by atoms with Gasteiger partial charge in [-0.3, -0.25) is 14.0 Å². The number of aliphatic imine (C=N–C) groups is 1. The Bertz CT molecular complexity index is 376. The van der Waals surface area contributed by atoms with E-state index in [1.807, 2.05) is 0 Å². The van der Waals surface area contributed by atoms with E-state index >= 15 is 0 Å². The third-order valence-corrected chi connectivity index (χ3v) is 9.92. The molecule has 0 aliphatic carbocycles. The number of amides is 1. The first-order chi connectivity index (χ1) is 12.2. The van der Waals surface area contributed by atoms with Crippen LogP contribution in [0.4, 0.5) is 4.79 Å². The highest BCUT2D eigenvalue weighted by Gasteiger charge is 2.01. The lowest BCUT2D eigenvalue weighted by atomic mass is 10.8. The number of nitrogens with one attached hydrogen (secondary N) is 1. The number of hydrogen-bond acceptors (Lipinski definition) is 10. The van der Waals surface area contributed by atoms with Crippen LogP contribution in [0.15, 0.2) is 4.99 Å². The molecular weight excluding hydrogens is 457 g/mol. The Labute approximate surface area is 179 Å². The summed E-state index contributed by atoms with van der Waals surface area (Å²) in [6, 6.07) is 0. The van der Waals surface area contributed by atoms with Crippen LogP contribution in [0.5, 0.6) is 0 Å². The highest BCUT2D eigenvalue weighted by Crippen LogP contribution is 2.17. The number of thioether (sulfide) groups is 6. The molecule has 0 rings (SSSR count). The van der Waals surface area contributed by atoms with E-state index in [0.717, 1.165) is 27.4 Å². The zero-order valence-electron chi connectivity index (χ0n) is 14.2. The molecular formula is C13H26N2O3S7. The zero-order valence-corrected chi connectivity index (χ0v) is 19.9. The van der Waals surface area contributed by atoms with Crippen molar-refractivity contribution in [3.63, 3.8) is 0 Å². The lowest BCUT2D eigenvalue weighted by Crippen LogP contribution is -2.21. The van der Waals surface area contributed by atoms with Gasteiger partial charge in [-0.25, -0.2) is 0 Å². The maximum Gasteiger partial charge on any atom is 0.279 e. The predicted octanol–water partition coefficient (Wildman–Crippen LogP) is 3.67. The Balaban J connectivity index is 3.29. The zero-order chi connectivity index (χ0) is 18.6. The maximum absolute atomic E-state index is 11.5. The second-order valence-electron chi connectivity index (χ2n) is 4.07. The van der Waals surface area contributed by atoms with Crippen molar-refractivity contribution in [2.24, 2.45) is 4.99 Å². The molecule has 0 fully saturated rings. The van der Waals surface area contributed by atoms with Gasteiger partial charge in [-0.2, -0.15) is 0 Å². The average molecular weight is 483 g/mol. The molecule has 5 nitrogen and oxygen atoms in total. The van der Waals surface area contributed by atoms with Crippen molar-refractivity contribution in [2.75, 3.05) is 56.6 Å². The summed E-state index contributed by atoms with van der Waals surface area (Å²) >= 11 is 9.61. The molecule has 0 saturated carbocycles. The molecule has 2 N–H and O–H groups in total. The molecule has 1 atom stereocenters. The Morgan fingerprint density at radius 2 is 1.88 bits per heavy atom. The fourth-order valence-electron chi connectivity index (χ4n) is 1.13. The summed E-state index contributed by atoms with van der Waals surface area (Å²) in [6.07, 6.45) is 0. The van der Waals surface area contributed by atoms with Gasteiger partial charge < -0.3 is 10.4 Å². The van der Waals surface area contributed by atoms with Crippen LogP contribution in [0.25, 0.3) is 0 Å². The third-order valence-electron chi connectivity index (χ3n) is 2.17. The van der Waals surface area contributed by atoms with Crippen LogP contribution in [-0.4, -0.2) is 76.7 Å². The maximum atomic E-state index is 11.5. The van der Waals surface area contributed by atoms with Crippen molar-refractivity contribution < 1.29 is 14.1 Å². The molecule has 0 aromatic rings. The smallest absolute Gasteiger partial charge is 0.279 e. The summed E-state index contributed by atoms with van der Waals surface area (Å²) in [4.78, 5) is 15.7. The molecule has 0 heterocycles. The van der Waals surface area contributed by atoms with Crippen molar-refractivity contribution in [1.29, 1.82) is 0 Å². The molecule has 148 valence electrons. The van der Waals surface area contributed by atoms with Gasteiger partial charge in [0, 0.05) is 39.8 Å². The number of nitrogens with zero attached hydrogens (tertiary/aromatic N) is 1. The summed E-state index contributed by atoms with van der Waals surface area (Å²) in [5.41, 5.74) is 1.56. The fourth-order valence-corrected chi connectivity index (χ4v) is 7.48. The fraction of sp³-hybridized carbons (Fsp3) is 0.846. The lowest BCUT2D eigenvalue weighted by molar-refractivity contribution is 0.261. The van der Waals surface area contributed by atoms with Crippen LogP contribution in [0, 0.1) is 0 Å². The molecule has 0 spiro atoms. The van der Waals surface area contributed by atoms with E-state index < -0.39 is 10.8 Å². The van der Waals surface area contributed by atoms with Gasteiger partial charge in [0.15, 0.2) is 0 Å². The Morgan fingerprint density at radius 1 is 1.12 bits per heavy atom. The first kappa shape index (κ1) is 26.4. The molecule has 0 aromatic carbocycles. The molecule has 0 saturated heterocycles. The third kappa shape index (κ3) is 21.5. The minimum atomic E-state index is -0.940. The van der Waals surface area contributed by atoms with Gasteiger partial charge in [0.1, 0.15) is 0 Å². The summed E-state index contributed by atoms with van der Waals surface area (Å²) < 4.78 is 11.5. The Kier molecular flexibility index (Phi) is 22.8. The molecule has 12 heteroatoms. The number of aliphatic hydroxyl groups excluding tert-OH is 1. The number of rotatable bonds is 17. The normalized spacial score (nSPS) is 12.6. The Hall–Kier alpha value is 1.35. The summed E-state index contributed by atoms with van der Waals surface area (Å²) in [6.45, 7) is 3.43. The Morgan fingerprint density at radius 3 is 2.64 bits per heavy atom. The van der Waals surface area contributed by atoms with E-state index in [-0.39, 0.29) is 11.2 Å². The molecule has 25 heavy (non-hydrogen) atoms. The van der Waals surface area contributed by atoms with E-state index in [4.69, 9.17) is 5.11 Å². The minimum absolute atomic E-state index is 0.0123. The topological polar surface area (TPSA) is 78.8 Å². The number of aliphatic hydroxyl groups is 1. The molecule has 1 amide bonds. The molecule has 1 unspecified atom stereocenters. The van der Waals surface area contributed by atoms with Crippen LogP contribution >= 0.6 is 70.6 Å². The quantitative estimate of drug-likeness (QED) is 0.140. The van der Waals surface area contributed by atoms with Gasteiger partial charge in [0.05, 0.1) is 27.4 Å². The molecule has 0 bridgehead atoms. The number of carbonyl (C=O) groups is 1. The highest BCUT2D eigenvalue weighted by molar-refractivity contribution is 8.27. The predicted molar refractivity (Wildman–Crippen MR) is 127 cm³/mol. The van der Waals surface area contributed by atoms with Crippen molar-refractivity contribution >= 4 is 92.2 Å². The molecule has 0 aliphatic rings. The van der Waals surface area contributed by atoms with Gasteiger partial charge in [-0.15, -0.1) is 58.8 Å². The molecule has 0 aliphatic heterocycles. The first-order valence-electron chi connectivity index (χ1n) is 7.48. The van der Waals surface area contributed by atoms with Gasteiger partial charge >= 0.3 is 0 Å². The van der Waals surface area contributed by atoms with E-state index in [1.165, 1.54) is 23.5 Å².